The number of halogens is 1. The molecule has 0 spiro atoms. The average molecular weight is 391 g/mol. The highest BCUT2D eigenvalue weighted by Crippen LogP contribution is 2.33. The van der Waals surface area contributed by atoms with Crippen molar-refractivity contribution in [2.75, 3.05) is 21.1 Å². The van der Waals surface area contributed by atoms with Crippen molar-refractivity contribution in [3.63, 3.8) is 0 Å². The van der Waals surface area contributed by atoms with E-state index in [1.165, 1.54) is 32.7 Å². The number of hydrogen-bond donors (Lipinski definition) is 0. The van der Waals surface area contributed by atoms with Gasteiger partial charge in [-0.3, -0.25) is 0 Å². The van der Waals surface area contributed by atoms with Crippen molar-refractivity contribution in [1.29, 1.82) is 0 Å². The summed E-state index contributed by atoms with van der Waals surface area (Å²) in [6.45, 7) is 3.28. The lowest BCUT2D eigenvalue weighted by molar-refractivity contribution is -0.883. The van der Waals surface area contributed by atoms with E-state index in [0.717, 1.165) is 11.0 Å². The van der Waals surface area contributed by atoms with Gasteiger partial charge in [-0.05, 0) is 34.0 Å². The molecule has 0 atom stereocenters. The summed E-state index contributed by atoms with van der Waals surface area (Å²) in [5.74, 6) is 0. The maximum absolute atomic E-state index is 2.26. The van der Waals surface area contributed by atoms with Gasteiger partial charge in [-0.1, -0.05) is 48.5 Å². The van der Waals surface area contributed by atoms with Gasteiger partial charge >= 0.3 is 0 Å². The number of hydrogen-bond acceptors (Lipinski definition) is 0. The van der Waals surface area contributed by atoms with E-state index in [0.29, 0.717) is 0 Å². The Balaban J connectivity index is 0.00000161. The fraction of sp³-hybridized carbons (Fsp3) is 0.263. The molecule has 21 heavy (non-hydrogen) atoms. The summed E-state index contributed by atoms with van der Waals surface area (Å²) in [6, 6.07) is 17.6. The smallest absolute Gasteiger partial charge is 0.105 e. The Labute approximate surface area is 144 Å². The van der Waals surface area contributed by atoms with Crippen molar-refractivity contribution in [3.8, 4) is 0 Å². The molecule has 3 aromatic carbocycles. The van der Waals surface area contributed by atoms with Crippen LogP contribution in [0.3, 0.4) is 0 Å². The Kier molecular flexibility index (Phi) is 4.59. The number of quaternary nitrogens is 1. The second kappa shape index (κ2) is 5.93. The lowest BCUT2D eigenvalue weighted by Gasteiger charge is -2.26. The van der Waals surface area contributed by atoms with Crippen LogP contribution in [0.15, 0.2) is 48.5 Å². The van der Waals surface area contributed by atoms with Gasteiger partial charge < -0.3 is 28.5 Å². The second-order valence-corrected chi connectivity index (χ2v) is 6.64. The summed E-state index contributed by atoms with van der Waals surface area (Å²) in [4.78, 5) is 0. The summed E-state index contributed by atoms with van der Waals surface area (Å²) >= 11 is 0. The molecule has 0 amide bonds. The van der Waals surface area contributed by atoms with Crippen LogP contribution in [0.1, 0.15) is 11.1 Å². The van der Waals surface area contributed by atoms with Gasteiger partial charge in [0.15, 0.2) is 0 Å². The maximum Gasteiger partial charge on any atom is 0.105 e. The molecular formula is C19H22IN. The van der Waals surface area contributed by atoms with Gasteiger partial charge in [0.05, 0.1) is 21.1 Å². The van der Waals surface area contributed by atoms with E-state index in [9.17, 15) is 0 Å². The quantitative estimate of drug-likeness (QED) is 0.353. The van der Waals surface area contributed by atoms with Crippen molar-refractivity contribution >= 4 is 21.5 Å². The first-order chi connectivity index (χ1) is 9.47. The zero-order valence-electron chi connectivity index (χ0n) is 13.2. The molecule has 0 aromatic heterocycles. The molecule has 0 N–H and O–H groups in total. The van der Waals surface area contributed by atoms with Crippen LogP contribution in [0.4, 0.5) is 0 Å². The predicted octanol–water partition coefficient (Wildman–Crippen LogP) is 1.51. The highest BCUT2D eigenvalue weighted by Gasteiger charge is 2.16. The minimum absolute atomic E-state index is 0. The third kappa shape index (κ3) is 3.06. The first-order valence-corrected chi connectivity index (χ1v) is 7.17. The molecule has 0 unspecified atom stereocenters. The van der Waals surface area contributed by atoms with E-state index in [-0.39, 0.29) is 24.0 Å². The maximum atomic E-state index is 2.26. The second-order valence-electron chi connectivity index (χ2n) is 6.64. The van der Waals surface area contributed by atoms with Gasteiger partial charge in [0.2, 0.25) is 0 Å². The van der Waals surface area contributed by atoms with E-state index in [4.69, 9.17) is 0 Å². The van der Waals surface area contributed by atoms with Crippen molar-refractivity contribution in [3.05, 3.63) is 59.7 Å². The number of fused-ring (bicyclic) bond motifs is 2. The molecule has 0 saturated carbocycles. The van der Waals surface area contributed by atoms with Crippen molar-refractivity contribution in [1.82, 2.24) is 0 Å². The molecule has 110 valence electrons. The molecule has 0 aliphatic rings. The molecule has 2 heteroatoms. The lowest BCUT2D eigenvalue weighted by atomic mass is 9.92. The largest absolute Gasteiger partial charge is 1.00 e. The van der Waals surface area contributed by atoms with Gasteiger partial charge in [0.1, 0.15) is 6.54 Å². The molecule has 0 aliphatic carbocycles. The van der Waals surface area contributed by atoms with E-state index < -0.39 is 0 Å². The molecule has 0 saturated heterocycles. The average Bonchev–Trinajstić information content (AvgIpc) is 2.42. The molecular weight excluding hydrogens is 369 g/mol. The predicted molar refractivity (Wildman–Crippen MR) is 87.9 cm³/mol. The van der Waals surface area contributed by atoms with E-state index in [2.05, 4.69) is 76.6 Å². The molecule has 0 bridgehead atoms. The summed E-state index contributed by atoms with van der Waals surface area (Å²) in [6.07, 6.45) is 0. The zero-order chi connectivity index (χ0) is 14.3. The summed E-state index contributed by atoms with van der Waals surface area (Å²) in [5.41, 5.74) is 2.86. The van der Waals surface area contributed by atoms with Gasteiger partial charge in [0, 0.05) is 5.56 Å². The third-order valence-corrected chi connectivity index (χ3v) is 3.94. The van der Waals surface area contributed by atoms with Crippen LogP contribution in [-0.2, 0) is 6.54 Å². The molecule has 0 aliphatic heterocycles. The molecule has 3 aromatic rings. The number of rotatable bonds is 2. The molecule has 0 radical (unpaired) electrons. The minimum Gasteiger partial charge on any atom is -1.00 e. The first-order valence-electron chi connectivity index (χ1n) is 7.17. The van der Waals surface area contributed by atoms with E-state index in [1.807, 2.05) is 0 Å². The van der Waals surface area contributed by atoms with Gasteiger partial charge in [0.25, 0.3) is 0 Å². The van der Waals surface area contributed by atoms with Gasteiger partial charge in [-0.2, -0.15) is 0 Å². The molecule has 0 heterocycles. The summed E-state index contributed by atoms with van der Waals surface area (Å²) < 4.78 is 0.942. The van der Waals surface area contributed by atoms with E-state index >= 15 is 0 Å². The number of aryl methyl sites for hydroxylation is 1. The zero-order valence-corrected chi connectivity index (χ0v) is 15.3. The highest BCUT2D eigenvalue weighted by molar-refractivity contribution is 6.05. The number of benzene rings is 3. The topological polar surface area (TPSA) is 0 Å². The van der Waals surface area contributed by atoms with Crippen molar-refractivity contribution in [2.24, 2.45) is 0 Å². The van der Waals surface area contributed by atoms with Crippen molar-refractivity contribution in [2.45, 2.75) is 13.5 Å². The Morgan fingerprint density at radius 2 is 1.10 bits per heavy atom. The van der Waals surface area contributed by atoms with Crippen LogP contribution in [0.25, 0.3) is 21.5 Å². The van der Waals surface area contributed by atoms with Crippen LogP contribution in [0.2, 0.25) is 0 Å². The Morgan fingerprint density at radius 3 is 1.48 bits per heavy atom. The van der Waals surface area contributed by atoms with Gasteiger partial charge in [-0.15, -0.1) is 0 Å². The fourth-order valence-corrected chi connectivity index (χ4v) is 3.08. The Bertz CT molecular complexity index is 728. The summed E-state index contributed by atoms with van der Waals surface area (Å²) in [7, 11) is 6.76. The third-order valence-electron chi connectivity index (χ3n) is 3.94. The monoisotopic (exact) mass is 391 g/mol. The lowest BCUT2D eigenvalue weighted by Crippen LogP contribution is -3.00. The van der Waals surface area contributed by atoms with Crippen molar-refractivity contribution < 1.29 is 28.5 Å². The Hall–Kier alpha value is -1.13. The fourth-order valence-electron chi connectivity index (χ4n) is 3.08. The van der Waals surface area contributed by atoms with Crippen LogP contribution in [0, 0.1) is 6.92 Å². The van der Waals surface area contributed by atoms with Crippen LogP contribution < -0.4 is 24.0 Å². The Morgan fingerprint density at radius 1 is 0.714 bits per heavy atom. The summed E-state index contributed by atoms with van der Waals surface area (Å²) in [5, 5.41) is 5.57. The highest BCUT2D eigenvalue weighted by atomic mass is 127. The molecule has 0 fully saturated rings. The minimum atomic E-state index is 0. The van der Waals surface area contributed by atoms with Crippen LogP contribution in [0.5, 0.6) is 0 Å². The number of nitrogens with zero attached hydrogens (tertiary/aromatic N) is 1. The molecule has 1 nitrogen and oxygen atoms in total. The SMILES string of the molecule is Cc1c2ccccc2c(C[N+](C)(C)C)c2ccccc12.[I-]. The first kappa shape index (κ1) is 16.2. The normalized spacial score (nSPS) is 11.6. The van der Waals surface area contributed by atoms with Crippen LogP contribution in [-0.4, -0.2) is 25.6 Å². The van der Waals surface area contributed by atoms with Crippen LogP contribution >= 0.6 is 0 Å². The van der Waals surface area contributed by atoms with Gasteiger partial charge in [-0.25, -0.2) is 0 Å². The molecule has 3 rings (SSSR count). The van der Waals surface area contributed by atoms with E-state index in [1.54, 1.807) is 0 Å². The standard InChI is InChI=1S/C19H22N.HI/c1-14-15-9-5-7-11-17(15)19(13-20(2,3)4)18-12-8-6-10-16(14)18;/h5-12H,13H2,1-4H3;1H/q+1;/p-1.